The van der Waals surface area contributed by atoms with E-state index >= 15 is 0 Å². The average molecular weight is 321 g/mol. The highest BCUT2D eigenvalue weighted by Gasteiger charge is 2.23. The summed E-state index contributed by atoms with van der Waals surface area (Å²) in [6.45, 7) is 5.33. The number of rotatable bonds is 3. The van der Waals surface area contributed by atoms with Crippen molar-refractivity contribution in [1.82, 2.24) is 20.0 Å². The molecule has 0 aliphatic carbocycles. The van der Waals surface area contributed by atoms with Crippen molar-refractivity contribution < 1.29 is 9.21 Å². The van der Waals surface area contributed by atoms with Crippen molar-refractivity contribution in [3.63, 3.8) is 0 Å². The topological polar surface area (TPSA) is 62.5 Å². The molecular formula is C15H17ClN4O2. The lowest BCUT2D eigenvalue weighted by molar-refractivity contribution is 0.0617. The van der Waals surface area contributed by atoms with Crippen LogP contribution in [0, 0.1) is 6.92 Å². The third-order valence-electron chi connectivity index (χ3n) is 3.66. The Morgan fingerprint density at radius 3 is 2.68 bits per heavy atom. The Labute approximate surface area is 133 Å². The molecular weight excluding hydrogens is 304 g/mol. The number of halogens is 1. The van der Waals surface area contributed by atoms with E-state index in [9.17, 15) is 4.79 Å². The molecule has 116 valence electrons. The zero-order chi connectivity index (χ0) is 15.5. The first-order chi connectivity index (χ1) is 10.6. The minimum atomic E-state index is 0.0239. The van der Waals surface area contributed by atoms with Crippen LogP contribution in [-0.4, -0.2) is 52.1 Å². The number of piperazine rings is 1. The van der Waals surface area contributed by atoms with Gasteiger partial charge in [0, 0.05) is 43.7 Å². The summed E-state index contributed by atoms with van der Waals surface area (Å²) in [7, 11) is 0. The molecule has 2 aromatic rings. The maximum absolute atomic E-state index is 12.4. The summed E-state index contributed by atoms with van der Waals surface area (Å²) in [5.41, 5.74) is 0.633. The summed E-state index contributed by atoms with van der Waals surface area (Å²) in [4.78, 5) is 16.5. The van der Waals surface area contributed by atoms with Gasteiger partial charge < -0.3 is 9.32 Å². The number of benzene rings is 1. The molecule has 1 saturated heterocycles. The molecule has 6 nitrogen and oxygen atoms in total. The van der Waals surface area contributed by atoms with E-state index in [-0.39, 0.29) is 5.91 Å². The fraction of sp³-hybridized carbons (Fsp3) is 0.400. The molecule has 0 spiro atoms. The summed E-state index contributed by atoms with van der Waals surface area (Å²) >= 11 is 5.94. The summed E-state index contributed by atoms with van der Waals surface area (Å²) in [5.74, 6) is 1.22. The zero-order valence-corrected chi connectivity index (χ0v) is 13.1. The van der Waals surface area contributed by atoms with Gasteiger partial charge in [-0.05, 0) is 18.2 Å². The lowest BCUT2D eigenvalue weighted by atomic mass is 10.2. The van der Waals surface area contributed by atoms with Gasteiger partial charge in [-0.25, -0.2) is 0 Å². The highest BCUT2D eigenvalue weighted by molar-refractivity contribution is 6.30. The molecule has 2 heterocycles. The highest BCUT2D eigenvalue weighted by Crippen LogP contribution is 2.15. The van der Waals surface area contributed by atoms with Crippen LogP contribution in [-0.2, 0) is 6.54 Å². The van der Waals surface area contributed by atoms with Gasteiger partial charge >= 0.3 is 0 Å². The number of nitrogens with zero attached hydrogens (tertiary/aromatic N) is 4. The molecule has 1 fully saturated rings. The zero-order valence-electron chi connectivity index (χ0n) is 12.3. The fourth-order valence-electron chi connectivity index (χ4n) is 2.51. The first-order valence-electron chi connectivity index (χ1n) is 7.18. The van der Waals surface area contributed by atoms with Crippen molar-refractivity contribution in [3.8, 4) is 0 Å². The van der Waals surface area contributed by atoms with E-state index in [4.69, 9.17) is 16.0 Å². The molecule has 0 atom stereocenters. The molecule has 22 heavy (non-hydrogen) atoms. The van der Waals surface area contributed by atoms with E-state index in [1.54, 1.807) is 31.2 Å². The first kappa shape index (κ1) is 15.0. The second-order valence-electron chi connectivity index (χ2n) is 5.29. The Morgan fingerprint density at radius 1 is 1.27 bits per heavy atom. The quantitative estimate of drug-likeness (QED) is 0.865. The maximum Gasteiger partial charge on any atom is 0.253 e. The Balaban J connectivity index is 1.56. The van der Waals surface area contributed by atoms with E-state index in [0.29, 0.717) is 42.0 Å². The second-order valence-corrected chi connectivity index (χ2v) is 5.73. The Kier molecular flexibility index (Phi) is 4.40. The van der Waals surface area contributed by atoms with Gasteiger partial charge in [-0.3, -0.25) is 9.69 Å². The smallest absolute Gasteiger partial charge is 0.253 e. The lowest BCUT2D eigenvalue weighted by Crippen LogP contribution is -2.48. The number of hydrogen-bond acceptors (Lipinski definition) is 5. The van der Waals surface area contributed by atoms with E-state index in [1.807, 2.05) is 4.90 Å². The standard InChI is InChI=1S/C15H17ClN4O2/c1-11-17-18-14(22-11)10-19-5-7-20(8-6-19)15(21)12-3-2-4-13(16)9-12/h2-4,9H,5-8,10H2,1H3. The summed E-state index contributed by atoms with van der Waals surface area (Å²) in [5, 5.41) is 8.40. The lowest BCUT2D eigenvalue weighted by Gasteiger charge is -2.34. The van der Waals surface area contributed by atoms with E-state index in [1.165, 1.54) is 0 Å². The van der Waals surface area contributed by atoms with E-state index in [0.717, 1.165) is 13.1 Å². The van der Waals surface area contributed by atoms with Crippen molar-refractivity contribution >= 4 is 17.5 Å². The van der Waals surface area contributed by atoms with Crippen molar-refractivity contribution in [2.45, 2.75) is 13.5 Å². The molecule has 7 heteroatoms. The number of carbonyl (C=O) groups excluding carboxylic acids is 1. The largest absolute Gasteiger partial charge is 0.424 e. The number of aromatic nitrogens is 2. The number of carbonyl (C=O) groups is 1. The van der Waals surface area contributed by atoms with Crippen molar-refractivity contribution in [3.05, 3.63) is 46.6 Å². The molecule has 0 saturated carbocycles. The highest BCUT2D eigenvalue weighted by atomic mass is 35.5. The maximum atomic E-state index is 12.4. The normalized spacial score (nSPS) is 16.0. The minimum Gasteiger partial charge on any atom is -0.424 e. The van der Waals surface area contributed by atoms with Crippen LogP contribution in [0.4, 0.5) is 0 Å². The molecule has 1 aliphatic rings. The van der Waals surface area contributed by atoms with Crippen LogP contribution < -0.4 is 0 Å². The van der Waals surface area contributed by atoms with Crippen molar-refractivity contribution in [2.75, 3.05) is 26.2 Å². The Morgan fingerprint density at radius 2 is 2.05 bits per heavy atom. The molecule has 0 unspecified atom stereocenters. The van der Waals surface area contributed by atoms with Crippen LogP contribution in [0.2, 0.25) is 5.02 Å². The number of hydrogen-bond donors (Lipinski definition) is 0. The SMILES string of the molecule is Cc1nnc(CN2CCN(C(=O)c3cccc(Cl)c3)CC2)o1. The number of amides is 1. The van der Waals surface area contributed by atoms with E-state index < -0.39 is 0 Å². The molecule has 0 bridgehead atoms. The van der Waals surface area contributed by atoms with Gasteiger partial charge in [0.05, 0.1) is 6.54 Å². The second kappa shape index (κ2) is 6.46. The Hall–Kier alpha value is -1.92. The monoisotopic (exact) mass is 320 g/mol. The molecule has 1 aromatic heterocycles. The third kappa shape index (κ3) is 3.45. The molecule has 0 radical (unpaired) electrons. The van der Waals surface area contributed by atoms with Crippen LogP contribution in [0.15, 0.2) is 28.7 Å². The summed E-state index contributed by atoms with van der Waals surface area (Å²) in [6, 6.07) is 7.06. The van der Waals surface area contributed by atoms with Gasteiger partial charge in [0.15, 0.2) is 0 Å². The molecule has 1 aromatic carbocycles. The summed E-state index contributed by atoms with van der Waals surface area (Å²) < 4.78 is 5.38. The van der Waals surface area contributed by atoms with Gasteiger partial charge in [-0.2, -0.15) is 0 Å². The van der Waals surface area contributed by atoms with E-state index in [2.05, 4.69) is 15.1 Å². The third-order valence-corrected chi connectivity index (χ3v) is 3.89. The molecule has 0 N–H and O–H groups in total. The van der Waals surface area contributed by atoms with Gasteiger partial charge in [0.2, 0.25) is 11.8 Å². The van der Waals surface area contributed by atoms with Crippen molar-refractivity contribution in [2.24, 2.45) is 0 Å². The summed E-state index contributed by atoms with van der Waals surface area (Å²) in [6.07, 6.45) is 0. The van der Waals surface area contributed by atoms with Crippen LogP contribution >= 0.6 is 11.6 Å². The van der Waals surface area contributed by atoms with Crippen LogP contribution in [0.3, 0.4) is 0 Å². The average Bonchev–Trinajstić information content (AvgIpc) is 2.92. The number of aryl methyl sites for hydroxylation is 1. The van der Waals surface area contributed by atoms with Gasteiger partial charge in [0.25, 0.3) is 5.91 Å². The van der Waals surface area contributed by atoms with Crippen LogP contribution in [0.1, 0.15) is 22.1 Å². The van der Waals surface area contributed by atoms with Gasteiger partial charge in [0.1, 0.15) is 0 Å². The van der Waals surface area contributed by atoms with Crippen LogP contribution in [0.25, 0.3) is 0 Å². The molecule has 1 amide bonds. The molecule has 1 aliphatic heterocycles. The van der Waals surface area contributed by atoms with Gasteiger partial charge in [-0.1, -0.05) is 17.7 Å². The van der Waals surface area contributed by atoms with Gasteiger partial charge in [-0.15, -0.1) is 10.2 Å². The molecule has 3 rings (SSSR count). The Bertz CT molecular complexity index is 665. The first-order valence-corrected chi connectivity index (χ1v) is 7.56. The predicted octanol–water partition coefficient (Wildman–Crippen LogP) is 1.99. The minimum absolute atomic E-state index is 0.0239. The van der Waals surface area contributed by atoms with Crippen LogP contribution in [0.5, 0.6) is 0 Å². The fourth-order valence-corrected chi connectivity index (χ4v) is 2.70. The van der Waals surface area contributed by atoms with Crippen molar-refractivity contribution in [1.29, 1.82) is 0 Å². The predicted molar refractivity (Wildman–Crippen MR) is 81.7 cm³/mol.